The lowest BCUT2D eigenvalue weighted by molar-refractivity contribution is 0.685. The predicted octanol–water partition coefficient (Wildman–Crippen LogP) is 4.19. The van der Waals surface area contributed by atoms with Gasteiger partial charge in [-0.3, -0.25) is 0 Å². The number of hydrogen-bond donors (Lipinski definition) is 1. The van der Waals surface area contributed by atoms with Crippen LogP contribution in [0, 0.1) is 0 Å². The monoisotopic (exact) mass is 272 g/mol. The third-order valence-corrected chi connectivity index (χ3v) is 4.74. The molecule has 1 N–H and O–H groups in total. The van der Waals surface area contributed by atoms with Crippen LogP contribution in [0.3, 0.4) is 0 Å². The Hall–Kier alpha value is -1.19. The molecule has 1 aromatic carbocycles. The van der Waals surface area contributed by atoms with Crippen LogP contribution in [-0.2, 0) is 6.54 Å². The van der Waals surface area contributed by atoms with E-state index in [2.05, 4.69) is 49.5 Å². The lowest BCUT2D eigenvalue weighted by Gasteiger charge is -2.04. The molecule has 0 bridgehead atoms. The summed E-state index contributed by atoms with van der Waals surface area (Å²) in [6.07, 6.45) is 2.65. The van der Waals surface area contributed by atoms with E-state index in [-0.39, 0.29) is 0 Å². The van der Waals surface area contributed by atoms with E-state index in [4.69, 9.17) is 4.98 Å². The Morgan fingerprint density at radius 2 is 2.00 bits per heavy atom. The molecule has 0 saturated heterocycles. The van der Waals surface area contributed by atoms with Crippen LogP contribution in [0.4, 0.5) is 0 Å². The number of aromatic nitrogens is 1. The summed E-state index contributed by atoms with van der Waals surface area (Å²) in [6, 6.07) is 11.3. The maximum atomic E-state index is 4.86. The molecule has 3 rings (SSSR count). The molecule has 19 heavy (non-hydrogen) atoms. The van der Waals surface area contributed by atoms with Gasteiger partial charge in [-0.05, 0) is 18.8 Å². The Morgan fingerprint density at radius 1 is 1.26 bits per heavy atom. The lowest BCUT2D eigenvalue weighted by Crippen LogP contribution is -2.14. The summed E-state index contributed by atoms with van der Waals surface area (Å²) >= 11 is 1.86. The van der Waals surface area contributed by atoms with Crippen molar-refractivity contribution in [1.29, 1.82) is 0 Å². The average Bonchev–Trinajstić information content (AvgIpc) is 3.15. The van der Waals surface area contributed by atoms with Gasteiger partial charge < -0.3 is 5.32 Å². The van der Waals surface area contributed by atoms with Gasteiger partial charge in [0.1, 0.15) is 5.01 Å². The van der Waals surface area contributed by atoms with Crippen molar-refractivity contribution in [3.63, 3.8) is 0 Å². The minimum atomic E-state index is 0.530. The van der Waals surface area contributed by atoms with E-state index in [0.29, 0.717) is 5.92 Å². The van der Waals surface area contributed by atoms with Crippen molar-refractivity contribution < 1.29 is 0 Å². The van der Waals surface area contributed by atoms with Gasteiger partial charge in [0.25, 0.3) is 0 Å². The highest BCUT2D eigenvalue weighted by Gasteiger charge is 2.21. The smallest absolute Gasteiger partial charge is 0.107 e. The van der Waals surface area contributed by atoms with Gasteiger partial charge in [-0.15, -0.1) is 11.3 Å². The minimum absolute atomic E-state index is 0.530. The number of thiazole rings is 1. The fourth-order valence-electron chi connectivity index (χ4n) is 2.17. The topological polar surface area (TPSA) is 24.9 Å². The molecule has 1 heterocycles. The summed E-state index contributed by atoms with van der Waals surface area (Å²) in [4.78, 5) is 6.26. The predicted molar refractivity (Wildman–Crippen MR) is 81.5 cm³/mol. The number of nitrogens with one attached hydrogen (secondary N) is 1. The molecule has 3 heteroatoms. The molecule has 1 saturated carbocycles. The Balaban J connectivity index is 1.88. The van der Waals surface area contributed by atoms with Gasteiger partial charge in [0.15, 0.2) is 0 Å². The van der Waals surface area contributed by atoms with E-state index in [1.807, 2.05) is 11.3 Å². The highest BCUT2D eigenvalue weighted by molar-refractivity contribution is 7.12. The molecule has 1 aliphatic rings. The fraction of sp³-hybridized carbons (Fsp3) is 0.438. The maximum Gasteiger partial charge on any atom is 0.107 e. The molecular weight excluding hydrogens is 252 g/mol. The highest BCUT2D eigenvalue weighted by atomic mass is 32.1. The summed E-state index contributed by atoms with van der Waals surface area (Å²) in [5.74, 6) is 0.530. The second kappa shape index (κ2) is 5.43. The first-order chi connectivity index (χ1) is 9.24. The molecule has 0 radical (unpaired) electrons. The summed E-state index contributed by atoms with van der Waals surface area (Å²) in [5, 5.41) is 4.77. The van der Waals surface area contributed by atoms with Gasteiger partial charge in [-0.25, -0.2) is 4.98 Å². The van der Waals surface area contributed by atoms with E-state index >= 15 is 0 Å². The normalized spacial score (nSPS) is 15.1. The third-order valence-electron chi connectivity index (χ3n) is 3.39. The minimum Gasteiger partial charge on any atom is -0.308 e. The van der Waals surface area contributed by atoms with Crippen LogP contribution in [0.25, 0.3) is 11.3 Å². The lowest BCUT2D eigenvalue weighted by atomic mass is 10.1. The summed E-state index contributed by atoms with van der Waals surface area (Å²) < 4.78 is 0. The molecule has 0 unspecified atom stereocenters. The van der Waals surface area contributed by atoms with Crippen LogP contribution in [0.5, 0.6) is 0 Å². The van der Waals surface area contributed by atoms with Crippen molar-refractivity contribution >= 4 is 11.3 Å². The third kappa shape index (κ3) is 3.04. The number of nitrogens with zero attached hydrogens (tertiary/aromatic N) is 1. The first-order valence-electron chi connectivity index (χ1n) is 7.02. The van der Waals surface area contributed by atoms with Crippen LogP contribution < -0.4 is 5.32 Å². The zero-order chi connectivity index (χ0) is 13.2. The fourth-order valence-corrected chi connectivity index (χ4v) is 3.21. The molecule has 2 nitrogen and oxygen atoms in total. The first kappa shape index (κ1) is 12.8. The van der Waals surface area contributed by atoms with Crippen molar-refractivity contribution in [2.24, 2.45) is 0 Å². The van der Waals surface area contributed by atoms with E-state index < -0.39 is 0 Å². The van der Waals surface area contributed by atoms with Gasteiger partial charge in [-0.1, -0.05) is 44.2 Å². The van der Waals surface area contributed by atoms with Gasteiger partial charge in [0.2, 0.25) is 0 Å². The molecule has 1 fully saturated rings. The molecule has 0 aliphatic heterocycles. The standard InChI is InChI=1S/C16H20N2S/c1-11(2)16-15(12-6-4-3-5-7-12)18-14(19-16)10-17-13-8-9-13/h3-7,11,13,17H,8-10H2,1-2H3. The molecule has 100 valence electrons. The van der Waals surface area contributed by atoms with Crippen LogP contribution in [-0.4, -0.2) is 11.0 Å². The summed E-state index contributed by atoms with van der Waals surface area (Å²) in [6.45, 7) is 5.41. The van der Waals surface area contributed by atoms with Crippen LogP contribution >= 0.6 is 11.3 Å². The van der Waals surface area contributed by atoms with Crippen LogP contribution in [0.15, 0.2) is 30.3 Å². The van der Waals surface area contributed by atoms with E-state index in [9.17, 15) is 0 Å². The molecule has 0 amide bonds. The van der Waals surface area contributed by atoms with Crippen molar-refractivity contribution in [1.82, 2.24) is 10.3 Å². The van der Waals surface area contributed by atoms with E-state index in [0.717, 1.165) is 12.6 Å². The van der Waals surface area contributed by atoms with Gasteiger partial charge >= 0.3 is 0 Å². The largest absolute Gasteiger partial charge is 0.308 e. The van der Waals surface area contributed by atoms with Gasteiger partial charge in [-0.2, -0.15) is 0 Å². The Labute approximate surface area is 118 Å². The maximum absolute atomic E-state index is 4.86. The average molecular weight is 272 g/mol. The Kier molecular flexibility index (Phi) is 3.67. The number of hydrogen-bond acceptors (Lipinski definition) is 3. The Bertz CT molecular complexity index is 541. The highest BCUT2D eigenvalue weighted by Crippen LogP contribution is 2.34. The van der Waals surface area contributed by atoms with Crippen LogP contribution in [0.2, 0.25) is 0 Å². The second-order valence-electron chi connectivity index (χ2n) is 5.50. The SMILES string of the molecule is CC(C)c1sc(CNC2CC2)nc1-c1ccccc1. The van der Waals surface area contributed by atoms with E-state index in [1.54, 1.807) is 0 Å². The molecule has 1 aromatic heterocycles. The summed E-state index contributed by atoms with van der Waals surface area (Å²) in [5.41, 5.74) is 2.41. The van der Waals surface area contributed by atoms with E-state index in [1.165, 1.54) is 34.0 Å². The number of rotatable bonds is 5. The first-order valence-corrected chi connectivity index (χ1v) is 7.84. The molecule has 2 aromatic rings. The second-order valence-corrected chi connectivity index (χ2v) is 6.61. The molecule has 0 atom stereocenters. The zero-order valence-electron chi connectivity index (χ0n) is 11.5. The van der Waals surface area contributed by atoms with Crippen molar-refractivity contribution in [2.75, 3.05) is 0 Å². The van der Waals surface area contributed by atoms with Crippen molar-refractivity contribution in [2.45, 2.75) is 45.2 Å². The van der Waals surface area contributed by atoms with Crippen LogP contribution in [0.1, 0.15) is 42.5 Å². The summed E-state index contributed by atoms with van der Waals surface area (Å²) in [7, 11) is 0. The van der Waals surface area contributed by atoms with Crippen molar-refractivity contribution in [3.05, 3.63) is 40.2 Å². The zero-order valence-corrected chi connectivity index (χ0v) is 12.3. The number of benzene rings is 1. The van der Waals surface area contributed by atoms with Gasteiger partial charge in [0, 0.05) is 23.0 Å². The molecule has 1 aliphatic carbocycles. The molecular formula is C16H20N2S. The quantitative estimate of drug-likeness (QED) is 0.883. The molecule has 0 spiro atoms. The van der Waals surface area contributed by atoms with Gasteiger partial charge in [0.05, 0.1) is 5.69 Å². The Morgan fingerprint density at radius 3 is 2.63 bits per heavy atom. The van der Waals surface area contributed by atoms with Crippen molar-refractivity contribution in [3.8, 4) is 11.3 Å².